The van der Waals surface area contributed by atoms with Gasteiger partial charge >= 0.3 is 0 Å². The first-order chi connectivity index (χ1) is 16.6. The van der Waals surface area contributed by atoms with E-state index in [0.717, 1.165) is 18.4 Å². The molecule has 0 aromatic heterocycles. The highest BCUT2D eigenvalue weighted by molar-refractivity contribution is 8.00. The fourth-order valence-corrected chi connectivity index (χ4v) is 7.32. The van der Waals surface area contributed by atoms with Gasteiger partial charge in [-0.15, -0.1) is 11.8 Å². The molecule has 1 saturated carbocycles. The minimum atomic E-state index is -0.800. The summed E-state index contributed by atoms with van der Waals surface area (Å²) in [7, 11) is 1.63. The topological polar surface area (TPSA) is 49.8 Å². The number of nitrogens with zero attached hydrogens (tertiary/aromatic N) is 1. The first-order valence-corrected chi connectivity index (χ1v) is 12.8. The number of para-hydroxylation sites is 1. The number of Topliss-reactive ketones (excluding diaryl/α,β-unsaturated/α-hetero) is 1. The number of benzene rings is 3. The number of rotatable bonds is 7. The fraction of sp³-hybridized carbons (Fsp3) is 0.345. The summed E-state index contributed by atoms with van der Waals surface area (Å²) in [6, 6.07) is 28.7. The van der Waals surface area contributed by atoms with Crippen LogP contribution in [0.5, 0.6) is 5.75 Å². The molecule has 1 N–H and O–H groups in total. The van der Waals surface area contributed by atoms with Crippen LogP contribution in [0.25, 0.3) is 0 Å². The number of fused-ring (bicyclic) bond motifs is 1. The zero-order valence-electron chi connectivity index (χ0n) is 19.5. The molecule has 34 heavy (non-hydrogen) atoms. The van der Waals surface area contributed by atoms with Crippen LogP contribution in [0.1, 0.15) is 30.2 Å². The highest BCUT2D eigenvalue weighted by Gasteiger charge is 2.54. The summed E-state index contributed by atoms with van der Waals surface area (Å²) in [4.78, 5) is 16.5. The second kappa shape index (κ2) is 9.95. The maximum Gasteiger partial charge on any atom is 0.137 e. The molecule has 0 bridgehead atoms. The number of likely N-dealkylation sites (tertiary alicyclic amines) is 1. The molecule has 3 aromatic rings. The maximum absolute atomic E-state index is 13.2. The van der Waals surface area contributed by atoms with Crippen LogP contribution in [0.2, 0.25) is 0 Å². The van der Waals surface area contributed by atoms with E-state index in [2.05, 4.69) is 59.5 Å². The van der Waals surface area contributed by atoms with Gasteiger partial charge in [-0.1, -0.05) is 66.7 Å². The second-order valence-electron chi connectivity index (χ2n) is 9.39. The number of carbonyl (C=O) groups is 1. The number of aliphatic hydroxyl groups is 1. The van der Waals surface area contributed by atoms with E-state index in [4.69, 9.17) is 4.74 Å². The minimum absolute atomic E-state index is 0.0713. The first kappa shape index (κ1) is 23.2. The number of carbonyl (C=O) groups excluding carboxylic acids is 1. The fourth-order valence-electron chi connectivity index (χ4n) is 5.72. The Balaban J connectivity index is 1.49. The normalized spacial score (nSPS) is 25.6. The number of hydrogen-bond donors (Lipinski definition) is 1. The number of ether oxygens (including phenoxy) is 1. The zero-order valence-corrected chi connectivity index (χ0v) is 20.3. The standard InChI is InChI=1S/C29H31NO3S/c1-33-27-15-9-8-14-23(27)28(32)30-19-24-25(20-30)29(17-16-26(24)31,18-21-10-4-2-5-11-21)34-22-12-6-3-7-13-22/h2-15,24-25,28,32H,16-20H2,1H3. The number of methoxy groups -OCH3 is 1. The number of aliphatic hydroxyl groups excluding tert-OH is 1. The summed E-state index contributed by atoms with van der Waals surface area (Å²) in [5.74, 6) is 1.09. The van der Waals surface area contributed by atoms with Crippen molar-refractivity contribution in [2.45, 2.75) is 35.1 Å². The van der Waals surface area contributed by atoms with Crippen LogP contribution in [-0.2, 0) is 11.2 Å². The predicted molar refractivity (Wildman–Crippen MR) is 136 cm³/mol. The number of ketones is 1. The lowest BCUT2D eigenvalue weighted by atomic mass is 9.70. The smallest absolute Gasteiger partial charge is 0.137 e. The first-order valence-electron chi connectivity index (χ1n) is 12.0. The van der Waals surface area contributed by atoms with Crippen molar-refractivity contribution in [2.75, 3.05) is 20.2 Å². The lowest BCUT2D eigenvalue weighted by Crippen LogP contribution is -2.47. The molecular weight excluding hydrogens is 442 g/mol. The quantitative estimate of drug-likeness (QED) is 0.500. The van der Waals surface area contributed by atoms with E-state index in [1.807, 2.05) is 42.1 Å². The van der Waals surface area contributed by atoms with Gasteiger partial charge in [-0.2, -0.15) is 0 Å². The molecule has 4 unspecified atom stereocenters. The van der Waals surface area contributed by atoms with Crippen LogP contribution in [-0.4, -0.2) is 40.7 Å². The predicted octanol–water partition coefficient (Wildman–Crippen LogP) is 5.37. The lowest BCUT2D eigenvalue weighted by molar-refractivity contribution is -0.126. The van der Waals surface area contributed by atoms with Gasteiger partial charge in [-0.3, -0.25) is 9.69 Å². The molecule has 0 amide bonds. The third-order valence-corrected chi connectivity index (χ3v) is 8.97. The Morgan fingerprint density at radius 3 is 2.41 bits per heavy atom. The third kappa shape index (κ3) is 4.52. The van der Waals surface area contributed by atoms with Gasteiger partial charge in [0.05, 0.1) is 7.11 Å². The lowest BCUT2D eigenvalue weighted by Gasteiger charge is -2.44. The Morgan fingerprint density at radius 2 is 1.68 bits per heavy atom. The molecule has 176 valence electrons. The van der Waals surface area contributed by atoms with Crippen molar-refractivity contribution in [3.05, 3.63) is 96.1 Å². The Hall–Kier alpha value is -2.60. The highest BCUT2D eigenvalue weighted by atomic mass is 32.2. The van der Waals surface area contributed by atoms with Crippen molar-refractivity contribution in [3.63, 3.8) is 0 Å². The minimum Gasteiger partial charge on any atom is -0.496 e. The summed E-state index contributed by atoms with van der Waals surface area (Å²) in [6.07, 6.45) is 1.54. The van der Waals surface area contributed by atoms with E-state index in [1.54, 1.807) is 7.11 Å². The van der Waals surface area contributed by atoms with Gasteiger partial charge in [0.2, 0.25) is 0 Å². The van der Waals surface area contributed by atoms with E-state index in [1.165, 1.54) is 10.5 Å². The highest BCUT2D eigenvalue weighted by Crippen LogP contribution is 2.53. The molecule has 0 spiro atoms. The molecule has 4 nitrogen and oxygen atoms in total. The van der Waals surface area contributed by atoms with Crippen LogP contribution in [0.15, 0.2) is 89.8 Å². The summed E-state index contributed by atoms with van der Waals surface area (Å²) < 4.78 is 5.39. The van der Waals surface area contributed by atoms with Gasteiger partial charge in [0.1, 0.15) is 17.8 Å². The number of thioether (sulfide) groups is 1. The molecule has 2 fully saturated rings. The van der Waals surface area contributed by atoms with E-state index < -0.39 is 6.23 Å². The molecule has 5 rings (SSSR count). The Kier molecular flexibility index (Phi) is 6.77. The maximum atomic E-state index is 13.2. The summed E-state index contributed by atoms with van der Waals surface area (Å²) in [6.45, 7) is 1.26. The SMILES string of the molecule is COc1ccccc1C(O)N1CC2C(=O)CCC(Cc3ccccc3)(Sc3ccccc3)C2C1. The molecule has 1 aliphatic heterocycles. The van der Waals surface area contributed by atoms with Crippen molar-refractivity contribution in [1.29, 1.82) is 0 Å². The van der Waals surface area contributed by atoms with Crippen LogP contribution in [0, 0.1) is 11.8 Å². The van der Waals surface area contributed by atoms with Gasteiger partial charge in [-0.05, 0) is 42.5 Å². The molecule has 1 aliphatic carbocycles. The van der Waals surface area contributed by atoms with Crippen molar-refractivity contribution < 1.29 is 14.6 Å². The van der Waals surface area contributed by atoms with Gasteiger partial charge in [0.25, 0.3) is 0 Å². The summed E-state index contributed by atoms with van der Waals surface area (Å²) in [5, 5.41) is 11.3. The average molecular weight is 474 g/mol. The van der Waals surface area contributed by atoms with Gasteiger partial charge < -0.3 is 9.84 Å². The molecule has 1 saturated heterocycles. The molecule has 0 radical (unpaired) electrons. The van der Waals surface area contributed by atoms with E-state index in [-0.39, 0.29) is 16.6 Å². The van der Waals surface area contributed by atoms with E-state index in [9.17, 15) is 9.90 Å². The summed E-state index contributed by atoms with van der Waals surface area (Å²) in [5.41, 5.74) is 2.04. The Labute approximate surface area is 206 Å². The average Bonchev–Trinajstić information content (AvgIpc) is 3.35. The zero-order chi connectivity index (χ0) is 23.5. The second-order valence-corrected chi connectivity index (χ2v) is 10.9. The van der Waals surface area contributed by atoms with Crippen molar-refractivity contribution in [2.24, 2.45) is 11.8 Å². The third-order valence-electron chi connectivity index (χ3n) is 7.41. The van der Waals surface area contributed by atoms with Crippen LogP contribution in [0.4, 0.5) is 0 Å². The number of hydrogen-bond acceptors (Lipinski definition) is 5. The molecular formula is C29H31NO3S. The monoisotopic (exact) mass is 473 g/mol. The molecule has 4 atom stereocenters. The Morgan fingerprint density at radius 1 is 1.00 bits per heavy atom. The van der Waals surface area contributed by atoms with Crippen molar-refractivity contribution in [3.8, 4) is 5.75 Å². The van der Waals surface area contributed by atoms with Crippen LogP contribution in [0.3, 0.4) is 0 Å². The van der Waals surface area contributed by atoms with Crippen molar-refractivity contribution in [1.82, 2.24) is 4.90 Å². The van der Waals surface area contributed by atoms with Gasteiger partial charge in [0.15, 0.2) is 0 Å². The van der Waals surface area contributed by atoms with Crippen molar-refractivity contribution >= 4 is 17.5 Å². The van der Waals surface area contributed by atoms with Gasteiger partial charge in [0, 0.05) is 40.6 Å². The van der Waals surface area contributed by atoms with Gasteiger partial charge in [-0.25, -0.2) is 0 Å². The van der Waals surface area contributed by atoms with E-state index >= 15 is 0 Å². The molecule has 5 heteroatoms. The molecule has 1 heterocycles. The van der Waals surface area contributed by atoms with Crippen LogP contribution >= 0.6 is 11.8 Å². The van der Waals surface area contributed by atoms with Crippen LogP contribution < -0.4 is 4.74 Å². The van der Waals surface area contributed by atoms with E-state index in [0.29, 0.717) is 31.0 Å². The molecule has 2 aliphatic rings. The molecule has 3 aromatic carbocycles. The largest absolute Gasteiger partial charge is 0.496 e. The summed E-state index contributed by atoms with van der Waals surface area (Å²) >= 11 is 1.92. The Bertz CT molecular complexity index is 1080.